The smallest absolute Gasteiger partial charge is 0.142 e. The second-order valence-corrected chi connectivity index (χ2v) is 5.00. The lowest BCUT2D eigenvalue weighted by molar-refractivity contribution is 0.240. The van der Waals surface area contributed by atoms with Crippen molar-refractivity contribution >= 4 is 5.69 Å². The van der Waals surface area contributed by atoms with E-state index in [0.717, 1.165) is 24.6 Å². The third-order valence-electron chi connectivity index (χ3n) is 3.46. The molecule has 0 aliphatic heterocycles. The number of para-hydroxylation sites is 1. The third-order valence-corrected chi connectivity index (χ3v) is 3.46. The zero-order valence-corrected chi connectivity index (χ0v) is 10.9. The van der Waals surface area contributed by atoms with E-state index in [1.165, 1.54) is 18.4 Å². The van der Waals surface area contributed by atoms with Crippen LogP contribution in [-0.2, 0) is 13.1 Å². The van der Waals surface area contributed by atoms with Gasteiger partial charge in [-0.3, -0.25) is 4.90 Å². The number of rotatable bonds is 5. The first-order chi connectivity index (χ1) is 9.33. The van der Waals surface area contributed by atoms with Crippen molar-refractivity contribution in [3.05, 3.63) is 54.1 Å². The summed E-state index contributed by atoms with van der Waals surface area (Å²) in [5.74, 6) is 0.879. The van der Waals surface area contributed by atoms with E-state index >= 15 is 0 Å². The molecule has 0 saturated heterocycles. The van der Waals surface area contributed by atoms with Crippen LogP contribution in [0.1, 0.15) is 24.2 Å². The number of anilines is 1. The summed E-state index contributed by atoms with van der Waals surface area (Å²) in [7, 11) is 0. The van der Waals surface area contributed by atoms with Gasteiger partial charge in [0.25, 0.3) is 0 Å². The fourth-order valence-corrected chi connectivity index (χ4v) is 2.24. The summed E-state index contributed by atoms with van der Waals surface area (Å²) in [5.41, 5.74) is 8.07. The van der Waals surface area contributed by atoms with E-state index in [1.54, 1.807) is 12.4 Å². The van der Waals surface area contributed by atoms with Crippen molar-refractivity contribution in [3.8, 4) is 0 Å². The van der Waals surface area contributed by atoms with Crippen molar-refractivity contribution in [1.29, 1.82) is 0 Å². The molecule has 4 heteroatoms. The van der Waals surface area contributed by atoms with Crippen molar-refractivity contribution in [3.63, 3.8) is 0 Å². The average molecular weight is 254 g/mol. The molecule has 0 spiro atoms. The zero-order chi connectivity index (χ0) is 13.1. The summed E-state index contributed by atoms with van der Waals surface area (Å²) in [4.78, 5) is 11.0. The van der Waals surface area contributed by atoms with Gasteiger partial charge in [0, 0.05) is 30.7 Å². The maximum Gasteiger partial charge on any atom is 0.142 e. The van der Waals surface area contributed by atoms with E-state index < -0.39 is 0 Å². The van der Waals surface area contributed by atoms with Gasteiger partial charge in [0.05, 0.1) is 6.54 Å². The van der Waals surface area contributed by atoms with Crippen molar-refractivity contribution in [1.82, 2.24) is 14.9 Å². The van der Waals surface area contributed by atoms with Crippen LogP contribution in [0.2, 0.25) is 0 Å². The number of aromatic nitrogens is 2. The van der Waals surface area contributed by atoms with Crippen LogP contribution in [0, 0.1) is 0 Å². The van der Waals surface area contributed by atoms with Gasteiger partial charge < -0.3 is 5.73 Å². The Morgan fingerprint density at radius 1 is 1.05 bits per heavy atom. The van der Waals surface area contributed by atoms with Crippen molar-refractivity contribution in [2.45, 2.75) is 32.0 Å². The van der Waals surface area contributed by atoms with Crippen LogP contribution in [0.4, 0.5) is 5.69 Å². The minimum Gasteiger partial charge on any atom is -0.398 e. The summed E-state index contributed by atoms with van der Waals surface area (Å²) in [6.45, 7) is 1.66. The SMILES string of the molecule is Nc1ccccc1CN(Cc1ncccn1)C1CC1. The Kier molecular flexibility index (Phi) is 3.42. The van der Waals surface area contributed by atoms with Crippen molar-refractivity contribution in [2.75, 3.05) is 5.73 Å². The predicted molar refractivity (Wildman–Crippen MR) is 75.2 cm³/mol. The molecule has 1 saturated carbocycles. The molecule has 2 N–H and O–H groups in total. The Bertz CT molecular complexity index is 537. The highest BCUT2D eigenvalue weighted by atomic mass is 15.2. The molecule has 1 aromatic heterocycles. The van der Waals surface area contributed by atoms with Gasteiger partial charge >= 0.3 is 0 Å². The molecule has 98 valence electrons. The standard InChI is InChI=1S/C15H18N4/c16-14-5-2-1-4-12(14)10-19(13-6-7-13)11-15-17-8-3-9-18-15/h1-5,8-9,13H,6-7,10-11,16H2. The largest absolute Gasteiger partial charge is 0.398 e. The van der Waals surface area contributed by atoms with Crippen LogP contribution in [0.5, 0.6) is 0 Å². The zero-order valence-electron chi connectivity index (χ0n) is 10.9. The fraction of sp³-hybridized carbons (Fsp3) is 0.333. The van der Waals surface area contributed by atoms with E-state index in [2.05, 4.69) is 20.9 Å². The van der Waals surface area contributed by atoms with E-state index in [4.69, 9.17) is 5.73 Å². The molecule has 1 aliphatic rings. The maximum atomic E-state index is 6.02. The molecular weight excluding hydrogens is 236 g/mol. The van der Waals surface area contributed by atoms with Gasteiger partial charge in [-0.25, -0.2) is 9.97 Å². The molecule has 0 radical (unpaired) electrons. The molecule has 19 heavy (non-hydrogen) atoms. The van der Waals surface area contributed by atoms with Gasteiger partial charge in [0.15, 0.2) is 0 Å². The van der Waals surface area contributed by atoms with E-state index in [9.17, 15) is 0 Å². The highest BCUT2D eigenvalue weighted by Crippen LogP contribution is 2.30. The second kappa shape index (κ2) is 5.36. The highest BCUT2D eigenvalue weighted by Gasteiger charge is 2.29. The van der Waals surface area contributed by atoms with Gasteiger partial charge in [-0.05, 0) is 30.5 Å². The molecule has 1 aromatic carbocycles. The van der Waals surface area contributed by atoms with Crippen LogP contribution in [-0.4, -0.2) is 20.9 Å². The minimum absolute atomic E-state index is 0.656. The number of nitrogens with two attached hydrogens (primary N) is 1. The third kappa shape index (κ3) is 3.09. The maximum absolute atomic E-state index is 6.02. The fourth-order valence-electron chi connectivity index (χ4n) is 2.24. The molecule has 1 aliphatic carbocycles. The number of hydrogen-bond donors (Lipinski definition) is 1. The lowest BCUT2D eigenvalue weighted by Crippen LogP contribution is -2.26. The molecule has 3 rings (SSSR count). The minimum atomic E-state index is 0.656. The van der Waals surface area contributed by atoms with Crippen LogP contribution >= 0.6 is 0 Å². The molecule has 0 atom stereocenters. The summed E-state index contributed by atoms with van der Waals surface area (Å²) < 4.78 is 0. The Labute approximate surface area is 113 Å². The molecule has 2 aromatic rings. The molecule has 0 unspecified atom stereocenters. The Balaban J connectivity index is 1.73. The number of nitrogen functional groups attached to an aromatic ring is 1. The van der Waals surface area contributed by atoms with E-state index in [-0.39, 0.29) is 0 Å². The Hall–Kier alpha value is -1.94. The van der Waals surface area contributed by atoms with Crippen molar-refractivity contribution in [2.24, 2.45) is 0 Å². The topological polar surface area (TPSA) is 55.0 Å². The normalized spacial score (nSPS) is 14.8. The van der Waals surface area contributed by atoms with Gasteiger partial charge in [0.1, 0.15) is 5.82 Å². The summed E-state index contributed by atoms with van der Waals surface area (Å²) in [6, 6.07) is 10.6. The first kappa shape index (κ1) is 12.1. The predicted octanol–water partition coefficient (Wildman–Crippen LogP) is 2.22. The summed E-state index contributed by atoms with van der Waals surface area (Å²) in [5, 5.41) is 0. The lowest BCUT2D eigenvalue weighted by atomic mass is 10.1. The molecule has 1 heterocycles. The molecule has 0 amide bonds. The molecule has 0 bridgehead atoms. The molecule has 1 fully saturated rings. The van der Waals surface area contributed by atoms with Crippen LogP contribution < -0.4 is 5.73 Å². The monoisotopic (exact) mass is 254 g/mol. The van der Waals surface area contributed by atoms with Gasteiger partial charge in [-0.1, -0.05) is 18.2 Å². The Morgan fingerprint density at radius 2 is 1.79 bits per heavy atom. The molecular formula is C15H18N4. The van der Waals surface area contributed by atoms with Crippen LogP contribution in [0.3, 0.4) is 0 Å². The summed E-state index contributed by atoms with van der Waals surface area (Å²) >= 11 is 0. The van der Waals surface area contributed by atoms with Crippen molar-refractivity contribution < 1.29 is 0 Å². The first-order valence-electron chi connectivity index (χ1n) is 6.66. The number of hydrogen-bond acceptors (Lipinski definition) is 4. The highest BCUT2D eigenvalue weighted by molar-refractivity contribution is 5.46. The van der Waals surface area contributed by atoms with E-state index in [1.807, 2.05) is 24.3 Å². The van der Waals surface area contributed by atoms with E-state index in [0.29, 0.717) is 6.04 Å². The second-order valence-electron chi connectivity index (χ2n) is 5.00. The Morgan fingerprint density at radius 3 is 2.47 bits per heavy atom. The number of benzene rings is 1. The molecule has 4 nitrogen and oxygen atoms in total. The van der Waals surface area contributed by atoms with Gasteiger partial charge in [0.2, 0.25) is 0 Å². The van der Waals surface area contributed by atoms with Gasteiger partial charge in [-0.2, -0.15) is 0 Å². The quantitative estimate of drug-likeness (QED) is 0.831. The van der Waals surface area contributed by atoms with Crippen LogP contribution in [0.25, 0.3) is 0 Å². The van der Waals surface area contributed by atoms with Crippen LogP contribution in [0.15, 0.2) is 42.7 Å². The van der Waals surface area contributed by atoms with Gasteiger partial charge in [-0.15, -0.1) is 0 Å². The summed E-state index contributed by atoms with van der Waals surface area (Å²) in [6.07, 6.45) is 6.12. The lowest BCUT2D eigenvalue weighted by Gasteiger charge is -2.21. The first-order valence-corrected chi connectivity index (χ1v) is 6.66. The average Bonchev–Trinajstić information content (AvgIpc) is 3.26. The number of nitrogens with zero attached hydrogens (tertiary/aromatic N) is 3.